The molecule has 0 bridgehead atoms. The summed E-state index contributed by atoms with van der Waals surface area (Å²) in [5, 5.41) is 16.1. The van der Waals surface area contributed by atoms with Crippen molar-refractivity contribution in [2.24, 2.45) is 7.05 Å². The summed E-state index contributed by atoms with van der Waals surface area (Å²) in [5.74, 6) is 0. The normalized spacial score (nSPS) is 10.8. The largest absolute Gasteiger partial charge is 0.357 e. The van der Waals surface area contributed by atoms with Crippen LogP contribution in [-0.2, 0) is 20.1 Å². The highest BCUT2D eigenvalue weighted by Crippen LogP contribution is 2.20. The van der Waals surface area contributed by atoms with Crippen LogP contribution >= 0.6 is 12.2 Å². The molecule has 0 fully saturated rings. The van der Waals surface area contributed by atoms with E-state index in [1.165, 1.54) is 5.56 Å². The average molecular weight is 369 g/mol. The zero-order valence-corrected chi connectivity index (χ0v) is 16.4. The molecule has 0 aliphatic rings. The van der Waals surface area contributed by atoms with Crippen molar-refractivity contribution in [3.8, 4) is 0 Å². The van der Waals surface area contributed by atoms with E-state index < -0.39 is 0 Å². The Morgan fingerprint density at radius 3 is 2.50 bits per heavy atom. The maximum absolute atomic E-state index is 5.45. The third-order valence-corrected chi connectivity index (χ3v) is 4.57. The first-order valence-electron chi connectivity index (χ1n) is 8.56. The van der Waals surface area contributed by atoms with Gasteiger partial charge in [0.1, 0.15) is 0 Å². The van der Waals surface area contributed by atoms with Crippen LogP contribution < -0.4 is 10.6 Å². The first-order chi connectivity index (χ1) is 12.4. The topological polar surface area (TPSA) is 59.7 Å². The van der Waals surface area contributed by atoms with Gasteiger partial charge in [0.25, 0.3) is 0 Å². The number of nitrogens with one attached hydrogen (secondary N) is 2. The summed E-state index contributed by atoms with van der Waals surface area (Å²) in [6.07, 6.45) is 0. The highest BCUT2D eigenvalue weighted by molar-refractivity contribution is 7.80. The zero-order chi connectivity index (χ0) is 18.7. The molecule has 0 amide bonds. The maximum Gasteiger partial charge on any atom is 0.171 e. The van der Waals surface area contributed by atoms with Gasteiger partial charge in [-0.1, -0.05) is 30.3 Å². The van der Waals surface area contributed by atoms with Crippen LogP contribution in [0.5, 0.6) is 0 Å². The van der Waals surface area contributed by atoms with Crippen LogP contribution in [0.2, 0.25) is 0 Å². The van der Waals surface area contributed by atoms with Crippen LogP contribution in [0.3, 0.4) is 0 Å². The molecule has 0 aliphatic heterocycles. The van der Waals surface area contributed by atoms with Crippen LogP contribution in [0, 0.1) is 20.8 Å². The van der Waals surface area contributed by atoms with Gasteiger partial charge in [-0.05, 0) is 44.6 Å². The number of benzene rings is 1. The van der Waals surface area contributed by atoms with Crippen LogP contribution in [0.4, 0.5) is 5.69 Å². The van der Waals surface area contributed by atoms with Crippen molar-refractivity contribution in [1.29, 1.82) is 0 Å². The monoisotopic (exact) mass is 368 g/mol. The Kier molecular flexibility index (Phi) is 5.37. The van der Waals surface area contributed by atoms with Crippen molar-refractivity contribution >= 4 is 23.0 Å². The Labute approximate surface area is 159 Å². The minimum atomic E-state index is 0.578. The van der Waals surface area contributed by atoms with Crippen molar-refractivity contribution in [3.63, 3.8) is 0 Å². The van der Waals surface area contributed by atoms with Crippen molar-refractivity contribution in [3.05, 3.63) is 64.7 Å². The first-order valence-corrected chi connectivity index (χ1v) is 8.97. The van der Waals surface area contributed by atoms with Crippen molar-refractivity contribution in [2.75, 3.05) is 5.32 Å². The van der Waals surface area contributed by atoms with E-state index in [9.17, 15) is 0 Å². The second-order valence-electron chi connectivity index (χ2n) is 6.40. The summed E-state index contributed by atoms with van der Waals surface area (Å²) in [6.45, 7) is 7.39. The molecule has 0 atom stereocenters. The average Bonchev–Trinajstić information content (AvgIpc) is 3.06. The molecule has 3 aromatic rings. The number of rotatable bonds is 5. The summed E-state index contributed by atoms with van der Waals surface area (Å²) < 4.78 is 3.86. The number of anilines is 1. The molecule has 6 nitrogen and oxygen atoms in total. The van der Waals surface area contributed by atoms with E-state index in [0.717, 1.165) is 35.0 Å². The number of hydrogen-bond donors (Lipinski definition) is 2. The molecule has 0 saturated heterocycles. The fraction of sp³-hybridized carbons (Fsp3) is 0.316. The van der Waals surface area contributed by atoms with E-state index in [-0.39, 0.29) is 0 Å². The predicted octanol–water partition coefficient (Wildman–Crippen LogP) is 3.08. The van der Waals surface area contributed by atoms with Crippen LogP contribution in [0.15, 0.2) is 36.4 Å². The summed E-state index contributed by atoms with van der Waals surface area (Å²) in [4.78, 5) is 0. The molecule has 3 rings (SSSR count). The second kappa shape index (κ2) is 7.70. The van der Waals surface area contributed by atoms with Crippen molar-refractivity contribution in [2.45, 2.75) is 33.9 Å². The molecule has 26 heavy (non-hydrogen) atoms. The van der Waals surface area contributed by atoms with Gasteiger partial charge in [0.15, 0.2) is 5.11 Å². The number of aryl methyl sites for hydroxylation is 3. The van der Waals surface area contributed by atoms with Gasteiger partial charge in [0.2, 0.25) is 0 Å². The molecule has 2 aromatic heterocycles. The van der Waals surface area contributed by atoms with Gasteiger partial charge in [0.05, 0.1) is 41.6 Å². The Morgan fingerprint density at radius 2 is 1.85 bits per heavy atom. The Bertz CT molecular complexity index is 910. The molecule has 0 aliphatic carbocycles. The van der Waals surface area contributed by atoms with Gasteiger partial charge in [-0.3, -0.25) is 9.36 Å². The lowest BCUT2D eigenvalue weighted by atomic mass is 10.2. The van der Waals surface area contributed by atoms with Gasteiger partial charge in [-0.15, -0.1) is 0 Å². The third-order valence-electron chi connectivity index (χ3n) is 4.32. The molecule has 0 saturated carbocycles. The van der Waals surface area contributed by atoms with Gasteiger partial charge in [0, 0.05) is 7.05 Å². The van der Waals surface area contributed by atoms with E-state index >= 15 is 0 Å². The number of hydrogen-bond acceptors (Lipinski definition) is 3. The molecule has 0 radical (unpaired) electrons. The molecule has 7 heteroatoms. The Hall–Kier alpha value is -2.67. The van der Waals surface area contributed by atoms with Crippen molar-refractivity contribution in [1.82, 2.24) is 24.9 Å². The standard InChI is InChI=1S/C19H24N6S/c1-13-10-17(24(4)22-13)11-20-19(26)21-18-14(2)23-25(15(18)3)12-16-8-6-5-7-9-16/h5-10H,11-12H2,1-4H3,(H2,20,21,26). The third kappa shape index (κ3) is 4.11. The van der Waals surface area contributed by atoms with Gasteiger partial charge >= 0.3 is 0 Å². The maximum atomic E-state index is 5.45. The lowest BCUT2D eigenvalue weighted by Crippen LogP contribution is -2.29. The van der Waals surface area contributed by atoms with Gasteiger partial charge < -0.3 is 10.6 Å². The molecule has 0 spiro atoms. The molecule has 1 aromatic carbocycles. The quantitative estimate of drug-likeness (QED) is 0.678. The lowest BCUT2D eigenvalue weighted by Gasteiger charge is -2.11. The van der Waals surface area contributed by atoms with Gasteiger partial charge in [-0.2, -0.15) is 10.2 Å². The Morgan fingerprint density at radius 1 is 1.12 bits per heavy atom. The minimum absolute atomic E-state index is 0.578. The SMILES string of the molecule is Cc1cc(CNC(=S)Nc2c(C)nn(Cc3ccccc3)c2C)n(C)n1. The van der Waals surface area contributed by atoms with E-state index in [2.05, 4.69) is 39.9 Å². The van der Waals surface area contributed by atoms with Crippen LogP contribution in [0.25, 0.3) is 0 Å². The van der Waals surface area contributed by atoms with Crippen LogP contribution in [0.1, 0.15) is 28.3 Å². The molecular formula is C19H24N6S. The highest BCUT2D eigenvalue weighted by atomic mass is 32.1. The van der Waals surface area contributed by atoms with E-state index in [1.807, 2.05) is 54.5 Å². The highest BCUT2D eigenvalue weighted by Gasteiger charge is 2.13. The molecule has 0 unspecified atom stereocenters. The van der Waals surface area contributed by atoms with Crippen molar-refractivity contribution < 1.29 is 0 Å². The molecule has 2 N–H and O–H groups in total. The smallest absolute Gasteiger partial charge is 0.171 e. The van der Waals surface area contributed by atoms with Gasteiger partial charge in [-0.25, -0.2) is 0 Å². The molecule has 2 heterocycles. The molecule has 136 valence electrons. The lowest BCUT2D eigenvalue weighted by molar-refractivity contribution is 0.659. The zero-order valence-electron chi connectivity index (χ0n) is 15.6. The van der Waals surface area contributed by atoms with E-state index in [4.69, 9.17) is 12.2 Å². The van der Waals surface area contributed by atoms with Crippen LogP contribution in [-0.4, -0.2) is 24.7 Å². The van der Waals surface area contributed by atoms with E-state index in [1.54, 1.807) is 0 Å². The summed E-state index contributed by atoms with van der Waals surface area (Å²) >= 11 is 5.45. The summed E-state index contributed by atoms with van der Waals surface area (Å²) in [5.41, 5.74) is 6.25. The number of thiocarbonyl (C=S) groups is 1. The number of nitrogens with zero attached hydrogens (tertiary/aromatic N) is 4. The molecular weight excluding hydrogens is 344 g/mol. The summed E-state index contributed by atoms with van der Waals surface area (Å²) in [6, 6.07) is 12.4. The fourth-order valence-corrected chi connectivity index (χ4v) is 3.12. The predicted molar refractivity (Wildman–Crippen MR) is 108 cm³/mol. The van der Waals surface area contributed by atoms with E-state index in [0.29, 0.717) is 11.7 Å². The fourth-order valence-electron chi connectivity index (χ4n) is 2.95. The summed E-state index contributed by atoms with van der Waals surface area (Å²) in [7, 11) is 1.93. The second-order valence-corrected chi connectivity index (χ2v) is 6.81. The number of aromatic nitrogens is 4. The first kappa shape index (κ1) is 18.1. The Balaban J connectivity index is 1.65. The minimum Gasteiger partial charge on any atom is -0.357 e.